The van der Waals surface area contributed by atoms with Crippen LogP contribution in [0, 0.1) is 13.8 Å². The summed E-state index contributed by atoms with van der Waals surface area (Å²) in [6.07, 6.45) is 3.64. The molecule has 1 aliphatic heterocycles. The maximum Gasteiger partial charge on any atom is 0.336 e. The van der Waals surface area contributed by atoms with E-state index in [4.69, 9.17) is 24.8 Å². The molecule has 40 heavy (non-hydrogen) atoms. The number of nitrogens with one attached hydrogen (secondary N) is 1. The molecule has 1 fully saturated rings. The molecule has 222 valence electrons. The van der Waals surface area contributed by atoms with E-state index in [-0.39, 0.29) is 11.1 Å². The van der Waals surface area contributed by atoms with Gasteiger partial charge in [0.05, 0.1) is 25.6 Å². The Morgan fingerprint density at radius 3 is 2.05 bits per heavy atom. The van der Waals surface area contributed by atoms with Crippen molar-refractivity contribution in [1.29, 1.82) is 0 Å². The Labute approximate surface area is 234 Å². The van der Waals surface area contributed by atoms with Gasteiger partial charge in [-0.2, -0.15) is 5.10 Å². The summed E-state index contributed by atoms with van der Waals surface area (Å²) in [6, 6.07) is 4.61. The molecule has 5 N–H and O–H groups in total. The number of rotatable bonds is 11. The van der Waals surface area contributed by atoms with E-state index in [0.29, 0.717) is 6.04 Å². The molecule has 3 rings (SSSR count). The molecule has 0 amide bonds. The molecule has 0 radical (unpaired) electrons. The van der Waals surface area contributed by atoms with Crippen LogP contribution in [0.25, 0.3) is 6.20 Å². The number of aliphatic hydroxyl groups is 1. The Morgan fingerprint density at radius 2 is 1.65 bits per heavy atom. The third kappa shape index (κ3) is 9.32. The Kier molecular flexibility index (Phi) is 10.5. The lowest BCUT2D eigenvalue weighted by Crippen LogP contribution is -2.62. The second-order valence-corrected chi connectivity index (χ2v) is 11.7. The summed E-state index contributed by atoms with van der Waals surface area (Å²) in [5.41, 5.74) is -0.142. The highest BCUT2D eigenvalue weighted by Crippen LogP contribution is 2.33. The molecule has 0 unspecified atom stereocenters. The van der Waals surface area contributed by atoms with Crippen LogP contribution in [0.5, 0.6) is 0 Å². The second-order valence-electron chi connectivity index (χ2n) is 11.7. The largest absolute Gasteiger partial charge is 0.481 e. The lowest BCUT2D eigenvalue weighted by atomic mass is 9.79. The van der Waals surface area contributed by atoms with Crippen molar-refractivity contribution >= 4 is 24.1 Å². The van der Waals surface area contributed by atoms with Gasteiger partial charge in [0.2, 0.25) is 0 Å². The van der Waals surface area contributed by atoms with Gasteiger partial charge in [0.1, 0.15) is 11.5 Å². The average Bonchev–Trinajstić information content (AvgIpc) is 3.35. The van der Waals surface area contributed by atoms with Crippen molar-refractivity contribution in [3.8, 4) is 0 Å². The lowest BCUT2D eigenvalue weighted by Gasteiger charge is -2.49. The van der Waals surface area contributed by atoms with Gasteiger partial charge in [-0.05, 0) is 66.5 Å². The van der Waals surface area contributed by atoms with E-state index in [1.54, 1.807) is 6.20 Å². The van der Waals surface area contributed by atoms with Crippen molar-refractivity contribution < 1.29 is 39.2 Å². The number of aliphatic carboxylic acids is 3. The minimum atomic E-state index is -2.74. The molecule has 0 aliphatic carbocycles. The number of furan rings is 1. The summed E-state index contributed by atoms with van der Waals surface area (Å²) < 4.78 is 7.76. The van der Waals surface area contributed by atoms with Crippen LogP contribution in [0.4, 0.5) is 0 Å². The van der Waals surface area contributed by atoms with E-state index < -0.39 is 36.4 Å². The Bertz CT molecular complexity index is 1180. The molecular weight excluding hydrogens is 520 g/mol. The second kappa shape index (κ2) is 12.8. The van der Waals surface area contributed by atoms with Gasteiger partial charge in [-0.1, -0.05) is 6.58 Å². The van der Waals surface area contributed by atoms with Gasteiger partial charge in [-0.3, -0.25) is 14.5 Å². The summed E-state index contributed by atoms with van der Waals surface area (Å²) in [6.45, 7) is 18.8. The topological polar surface area (TPSA) is 178 Å². The van der Waals surface area contributed by atoms with Crippen LogP contribution in [-0.4, -0.2) is 75.7 Å². The van der Waals surface area contributed by atoms with Crippen LogP contribution in [0.2, 0.25) is 0 Å². The maximum atomic E-state index is 10.3. The van der Waals surface area contributed by atoms with Crippen LogP contribution in [-0.2, 0) is 27.5 Å². The molecule has 12 heteroatoms. The minimum Gasteiger partial charge on any atom is -0.481 e. The summed E-state index contributed by atoms with van der Waals surface area (Å²) in [5.74, 6) is -3.03. The van der Waals surface area contributed by atoms with Crippen LogP contribution in [0.1, 0.15) is 76.2 Å². The Morgan fingerprint density at radius 1 is 1.10 bits per heavy atom. The molecule has 0 aromatic carbocycles. The summed E-state index contributed by atoms with van der Waals surface area (Å²) >= 11 is 0. The van der Waals surface area contributed by atoms with Crippen molar-refractivity contribution in [3.63, 3.8) is 0 Å². The van der Waals surface area contributed by atoms with Crippen LogP contribution in [0.3, 0.4) is 0 Å². The average molecular weight is 563 g/mol. The third-order valence-electron chi connectivity index (χ3n) is 6.82. The number of nitrogens with zero attached hydrogens (tertiary/aromatic N) is 3. The van der Waals surface area contributed by atoms with Crippen molar-refractivity contribution in [1.82, 2.24) is 20.0 Å². The fraction of sp³-hybridized carbons (Fsp3) is 0.571. The molecule has 1 aliphatic rings. The van der Waals surface area contributed by atoms with Gasteiger partial charge in [0.25, 0.3) is 0 Å². The van der Waals surface area contributed by atoms with Gasteiger partial charge in [-0.25, -0.2) is 9.48 Å². The zero-order valence-electron chi connectivity index (χ0n) is 24.1. The first-order valence-corrected chi connectivity index (χ1v) is 13.0. The first-order chi connectivity index (χ1) is 18.4. The summed E-state index contributed by atoms with van der Waals surface area (Å²) in [5, 5.41) is 42.0. The number of hydrogen-bond acceptors (Lipinski definition) is 8. The van der Waals surface area contributed by atoms with Crippen LogP contribution < -0.4 is 5.32 Å². The first-order valence-electron chi connectivity index (χ1n) is 13.0. The molecular formula is C28H42N4O8. The molecule has 3 heterocycles. The van der Waals surface area contributed by atoms with Gasteiger partial charge in [0, 0.05) is 41.1 Å². The lowest BCUT2D eigenvalue weighted by molar-refractivity contribution is -0.170. The monoisotopic (exact) mass is 562 g/mol. The van der Waals surface area contributed by atoms with Crippen molar-refractivity contribution in [2.24, 2.45) is 0 Å². The van der Waals surface area contributed by atoms with E-state index in [0.717, 1.165) is 43.1 Å². The maximum absolute atomic E-state index is 10.3. The smallest absolute Gasteiger partial charge is 0.336 e. The molecule has 0 spiro atoms. The van der Waals surface area contributed by atoms with Gasteiger partial charge >= 0.3 is 17.9 Å². The van der Waals surface area contributed by atoms with Crippen LogP contribution in [0.15, 0.2) is 29.3 Å². The van der Waals surface area contributed by atoms with Gasteiger partial charge < -0.3 is 30.2 Å². The standard InChI is InChI=1S/C22H34N4O.C6H8O7/c1-8-26-17(3)18(13-23-26)14-25(15-20-10-9-16(2)27-20)19-11-21(4,5)24-22(6,7)12-19;7-3(8)1-6(13,5(11)12)2-4(9)10/h8-10,13,19,24H,1,11-12,14-15H2,2-7H3;13H,1-2H2,(H,7,8)(H,9,10)(H,11,12). The highest BCUT2D eigenvalue weighted by Gasteiger charge is 2.41. The van der Waals surface area contributed by atoms with E-state index in [1.807, 2.05) is 23.9 Å². The van der Waals surface area contributed by atoms with Crippen molar-refractivity contribution in [2.45, 2.75) is 103 Å². The zero-order valence-corrected chi connectivity index (χ0v) is 24.1. The third-order valence-corrected chi connectivity index (χ3v) is 6.82. The fourth-order valence-corrected chi connectivity index (χ4v) is 5.34. The quantitative estimate of drug-likeness (QED) is 0.271. The Hall–Kier alpha value is -3.48. The number of piperidine rings is 1. The Balaban J connectivity index is 0.000000366. The molecule has 0 bridgehead atoms. The number of aromatic nitrogens is 2. The molecule has 2 aromatic rings. The zero-order chi connectivity index (χ0) is 30.5. The number of aryl methyl sites for hydroxylation is 1. The molecule has 12 nitrogen and oxygen atoms in total. The molecule has 2 aromatic heterocycles. The minimum absolute atomic E-state index is 0.101. The molecule has 0 atom stereocenters. The SMILES string of the molecule is C=Cn1ncc(CN(Cc2ccc(C)o2)C2CC(C)(C)NC(C)(C)C2)c1C.O=C(O)CC(O)(CC(=O)O)C(=O)O. The summed E-state index contributed by atoms with van der Waals surface area (Å²) in [4.78, 5) is 33.0. The van der Waals surface area contributed by atoms with Gasteiger partial charge in [0.15, 0.2) is 5.60 Å². The number of carbonyl (C=O) groups is 3. The number of carboxylic acid groups (broad SMARTS) is 3. The highest BCUT2D eigenvalue weighted by atomic mass is 16.4. The molecule has 0 saturated carbocycles. The predicted molar refractivity (Wildman–Crippen MR) is 147 cm³/mol. The first kappa shape index (κ1) is 32.7. The summed E-state index contributed by atoms with van der Waals surface area (Å²) in [7, 11) is 0. The van der Waals surface area contributed by atoms with E-state index in [1.165, 1.54) is 5.56 Å². The highest BCUT2D eigenvalue weighted by molar-refractivity contribution is 5.88. The number of carboxylic acids is 3. The van der Waals surface area contributed by atoms with Crippen molar-refractivity contribution in [2.75, 3.05) is 0 Å². The van der Waals surface area contributed by atoms with E-state index >= 15 is 0 Å². The molecule has 1 saturated heterocycles. The predicted octanol–water partition coefficient (Wildman–Crippen LogP) is 3.26. The number of hydrogen-bond donors (Lipinski definition) is 5. The van der Waals surface area contributed by atoms with E-state index in [9.17, 15) is 14.4 Å². The van der Waals surface area contributed by atoms with Gasteiger partial charge in [-0.15, -0.1) is 0 Å². The van der Waals surface area contributed by atoms with Crippen LogP contribution >= 0.6 is 0 Å². The normalized spacial score (nSPS) is 16.7. The fourth-order valence-electron chi connectivity index (χ4n) is 5.34. The van der Waals surface area contributed by atoms with E-state index in [2.05, 4.69) is 62.6 Å². The van der Waals surface area contributed by atoms with Crippen molar-refractivity contribution in [3.05, 3.63) is 47.7 Å².